The van der Waals surface area contributed by atoms with Crippen molar-refractivity contribution in [1.82, 2.24) is 9.80 Å². The highest BCUT2D eigenvalue weighted by Gasteiger charge is 2.25. The minimum atomic E-state index is -3.77. The molecule has 1 fully saturated rings. The number of rotatable bonds is 9. The van der Waals surface area contributed by atoms with Crippen molar-refractivity contribution < 1.29 is 13.2 Å². The molecule has 2 aromatic carbocycles. The van der Waals surface area contributed by atoms with Crippen LogP contribution in [0.5, 0.6) is 0 Å². The van der Waals surface area contributed by atoms with Gasteiger partial charge in [-0.25, -0.2) is 8.42 Å². The smallest absolute Gasteiger partial charge is 0.264 e. The van der Waals surface area contributed by atoms with Crippen molar-refractivity contribution in [2.75, 3.05) is 45.1 Å². The standard InChI is InChI=1S/C25H35N3O3S/c1-26(2)17-18-28(20-21-11-6-4-7-12-21)25(29)22-13-10-16-24(19-22)32(30,31)27(3)23-14-8-5-9-15-23/h5,8-10,13-16,19,21H,4,6-7,11-12,17-18,20H2,1-3H3. The van der Waals surface area contributed by atoms with Gasteiger partial charge in [0.05, 0.1) is 10.6 Å². The summed E-state index contributed by atoms with van der Waals surface area (Å²) in [6.07, 6.45) is 6.03. The van der Waals surface area contributed by atoms with Crippen molar-refractivity contribution in [3.63, 3.8) is 0 Å². The first kappa shape index (κ1) is 24.3. The van der Waals surface area contributed by atoms with E-state index < -0.39 is 10.0 Å². The van der Waals surface area contributed by atoms with Crippen molar-refractivity contribution in [2.24, 2.45) is 5.92 Å². The van der Waals surface area contributed by atoms with Crippen LogP contribution in [0.2, 0.25) is 0 Å². The first-order valence-corrected chi connectivity index (χ1v) is 12.8. The Kier molecular flexibility index (Phi) is 8.32. The van der Waals surface area contributed by atoms with Gasteiger partial charge in [-0.2, -0.15) is 0 Å². The molecule has 6 nitrogen and oxygen atoms in total. The Bertz CT molecular complexity index is 987. The molecule has 1 amide bonds. The van der Waals surface area contributed by atoms with E-state index in [4.69, 9.17) is 0 Å². The molecule has 0 aliphatic heterocycles. The van der Waals surface area contributed by atoms with Crippen LogP contribution in [0.25, 0.3) is 0 Å². The molecule has 7 heteroatoms. The third-order valence-corrected chi connectivity index (χ3v) is 7.95. The molecular formula is C25H35N3O3S. The summed E-state index contributed by atoms with van der Waals surface area (Å²) in [5.74, 6) is 0.419. The number of nitrogens with zero attached hydrogens (tertiary/aromatic N) is 3. The molecule has 0 spiro atoms. The zero-order valence-corrected chi connectivity index (χ0v) is 20.2. The lowest BCUT2D eigenvalue weighted by Crippen LogP contribution is -2.40. The van der Waals surface area contributed by atoms with Crippen LogP contribution in [0.1, 0.15) is 42.5 Å². The molecule has 0 aromatic heterocycles. The third-order valence-electron chi connectivity index (χ3n) is 6.17. The van der Waals surface area contributed by atoms with Crippen LogP contribution in [0.15, 0.2) is 59.5 Å². The highest BCUT2D eigenvalue weighted by atomic mass is 32.2. The highest BCUT2D eigenvalue weighted by molar-refractivity contribution is 7.92. The van der Waals surface area contributed by atoms with Crippen LogP contribution >= 0.6 is 0 Å². The fourth-order valence-electron chi connectivity index (χ4n) is 4.18. The number of amides is 1. The Balaban J connectivity index is 1.83. The van der Waals surface area contributed by atoms with Crippen molar-refractivity contribution >= 4 is 21.6 Å². The SMILES string of the molecule is CN(C)CCN(CC1CCCCC1)C(=O)c1cccc(S(=O)(=O)N(C)c2ccccc2)c1. The second kappa shape index (κ2) is 11.0. The van der Waals surface area contributed by atoms with E-state index >= 15 is 0 Å². The Morgan fingerprint density at radius 3 is 2.25 bits per heavy atom. The summed E-state index contributed by atoms with van der Waals surface area (Å²) in [6, 6.07) is 15.4. The van der Waals surface area contributed by atoms with Gasteiger partial charge >= 0.3 is 0 Å². The van der Waals surface area contributed by atoms with Crippen LogP contribution in [0, 0.1) is 5.92 Å². The molecule has 0 N–H and O–H groups in total. The van der Waals surface area contributed by atoms with E-state index in [1.807, 2.05) is 25.1 Å². The predicted molar refractivity (Wildman–Crippen MR) is 130 cm³/mol. The lowest BCUT2D eigenvalue weighted by Gasteiger charge is -2.31. The van der Waals surface area contributed by atoms with E-state index in [0.29, 0.717) is 23.7 Å². The Hall–Kier alpha value is -2.38. The predicted octanol–water partition coefficient (Wildman–Crippen LogP) is 4.10. The number of sulfonamides is 1. The number of carbonyl (C=O) groups is 1. The van der Waals surface area contributed by atoms with Gasteiger partial charge in [0.25, 0.3) is 15.9 Å². The van der Waals surface area contributed by atoms with Gasteiger partial charge in [0, 0.05) is 32.2 Å². The third kappa shape index (κ3) is 6.11. The van der Waals surface area contributed by atoms with Gasteiger partial charge in [-0.15, -0.1) is 0 Å². The van der Waals surface area contributed by atoms with Crippen molar-refractivity contribution in [1.29, 1.82) is 0 Å². The zero-order chi connectivity index (χ0) is 23.1. The Morgan fingerprint density at radius 1 is 0.906 bits per heavy atom. The normalized spacial score (nSPS) is 15.0. The van der Waals surface area contributed by atoms with Crippen LogP contribution in [0.4, 0.5) is 5.69 Å². The summed E-state index contributed by atoms with van der Waals surface area (Å²) in [5.41, 5.74) is 0.997. The monoisotopic (exact) mass is 457 g/mol. The van der Waals surface area contributed by atoms with Crippen LogP contribution in [0.3, 0.4) is 0 Å². The lowest BCUT2D eigenvalue weighted by atomic mass is 9.89. The maximum absolute atomic E-state index is 13.4. The first-order chi connectivity index (χ1) is 15.3. The second-order valence-electron chi connectivity index (χ2n) is 8.89. The minimum Gasteiger partial charge on any atom is -0.337 e. The second-order valence-corrected chi connectivity index (χ2v) is 10.9. The highest BCUT2D eigenvalue weighted by Crippen LogP contribution is 2.26. The number of hydrogen-bond acceptors (Lipinski definition) is 4. The van der Waals surface area contributed by atoms with Crippen LogP contribution < -0.4 is 4.31 Å². The quantitative estimate of drug-likeness (QED) is 0.569. The van der Waals surface area contributed by atoms with Crippen LogP contribution in [-0.2, 0) is 10.0 Å². The van der Waals surface area contributed by atoms with Crippen molar-refractivity contribution in [3.8, 4) is 0 Å². The van der Waals surface area contributed by atoms with Crippen molar-refractivity contribution in [2.45, 2.75) is 37.0 Å². The lowest BCUT2D eigenvalue weighted by molar-refractivity contribution is 0.0701. The topological polar surface area (TPSA) is 60.9 Å². The molecule has 0 saturated heterocycles. The summed E-state index contributed by atoms with van der Waals surface area (Å²) >= 11 is 0. The summed E-state index contributed by atoms with van der Waals surface area (Å²) in [5, 5.41) is 0. The number of anilines is 1. The van der Waals surface area contributed by atoms with E-state index in [9.17, 15) is 13.2 Å². The van der Waals surface area contributed by atoms with Gasteiger partial charge in [-0.1, -0.05) is 43.5 Å². The maximum Gasteiger partial charge on any atom is 0.264 e. The molecule has 174 valence electrons. The van der Waals surface area contributed by atoms with Crippen LogP contribution in [-0.4, -0.2) is 64.9 Å². The molecule has 1 saturated carbocycles. The number of benzene rings is 2. The summed E-state index contributed by atoms with van der Waals surface area (Å²) < 4.78 is 27.7. The molecular weight excluding hydrogens is 422 g/mol. The molecule has 0 radical (unpaired) electrons. The molecule has 3 rings (SSSR count). The van der Waals surface area contributed by atoms with Gasteiger partial charge in [0.2, 0.25) is 0 Å². The number of hydrogen-bond donors (Lipinski definition) is 0. The first-order valence-electron chi connectivity index (χ1n) is 11.4. The fourth-order valence-corrected chi connectivity index (χ4v) is 5.43. The summed E-state index contributed by atoms with van der Waals surface area (Å²) in [7, 11) is 1.75. The Morgan fingerprint density at radius 2 is 1.59 bits per heavy atom. The average Bonchev–Trinajstić information content (AvgIpc) is 2.82. The van der Waals surface area contributed by atoms with Gasteiger partial charge in [0.1, 0.15) is 0 Å². The van der Waals surface area contributed by atoms with Gasteiger partial charge in [-0.05, 0) is 63.2 Å². The van der Waals surface area contributed by atoms with Crippen molar-refractivity contribution in [3.05, 3.63) is 60.2 Å². The molecule has 32 heavy (non-hydrogen) atoms. The van der Waals surface area contributed by atoms with Gasteiger partial charge in [-0.3, -0.25) is 9.10 Å². The molecule has 0 bridgehead atoms. The summed E-state index contributed by atoms with van der Waals surface area (Å²) in [6.45, 7) is 2.13. The molecule has 1 aliphatic rings. The molecule has 0 unspecified atom stereocenters. The van der Waals surface area contributed by atoms with Gasteiger partial charge < -0.3 is 9.80 Å². The minimum absolute atomic E-state index is 0.100. The average molecular weight is 458 g/mol. The molecule has 0 heterocycles. The number of carbonyl (C=O) groups excluding carboxylic acids is 1. The van der Waals surface area contributed by atoms with E-state index in [0.717, 1.165) is 25.9 Å². The maximum atomic E-state index is 13.4. The summed E-state index contributed by atoms with van der Waals surface area (Å²) in [4.78, 5) is 17.5. The van der Waals surface area contributed by atoms with E-state index in [1.165, 1.54) is 36.7 Å². The van der Waals surface area contributed by atoms with E-state index in [1.54, 1.807) is 42.5 Å². The Labute approximate surface area is 192 Å². The van der Waals surface area contributed by atoms with E-state index in [2.05, 4.69) is 4.90 Å². The largest absolute Gasteiger partial charge is 0.337 e. The zero-order valence-electron chi connectivity index (χ0n) is 19.4. The fraction of sp³-hybridized carbons (Fsp3) is 0.480. The molecule has 0 atom stereocenters. The number of para-hydroxylation sites is 1. The van der Waals surface area contributed by atoms with E-state index in [-0.39, 0.29) is 10.8 Å². The van der Waals surface area contributed by atoms with Gasteiger partial charge in [0.15, 0.2) is 0 Å². The number of likely N-dealkylation sites (N-methyl/N-ethyl adjacent to an activating group) is 1. The molecule has 2 aromatic rings. The molecule has 1 aliphatic carbocycles.